The zero-order chi connectivity index (χ0) is 15.0. The molecule has 0 bridgehead atoms. The maximum absolute atomic E-state index is 11.8. The molecule has 0 aliphatic carbocycles. The SMILES string of the molecule is CCCNS(=O)(=O)CCNC(=O)c1ccc(OC)cc1. The molecule has 20 heavy (non-hydrogen) atoms. The topological polar surface area (TPSA) is 84.5 Å². The van der Waals surface area contributed by atoms with E-state index in [-0.39, 0.29) is 18.2 Å². The number of carbonyl (C=O) groups excluding carboxylic acids is 1. The van der Waals surface area contributed by atoms with Crippen LogP contribution in [0.3, 0.4) is 0 Å². The molecule has 112 valence electrons. The van der Waals surface area contributed by atoms with Crippen LogP contribution in [0.25, 0.3) is 0 Å². The number of ether oxygens (including phenoxy) is 1. The van der Waals surface area contributed by atoms with Crippen LogP contribution in [-0.2, 0) is 10.0 Å². The molecule has 0 aliphatic rings. The molecule has 0 fully saturated rings. The van der Waals surface area contributed by atoms with Gasteiger partial charge in [-0.1, -0.05) is 6.92 Å². The molecule has 0 unspecified atom stereocenters. The van der Waals surface area contributed by atoms with Gasteiger partial charge in [-0.25, -0.2) is 13.1 Å². The van der Waals surface area contributed by atoms with Crippen molar-refractivity contribution in [3.05, 3.63) is 29.8 Å². The van der Waals surface area contributed by atoms with Crippen molar-refractivity contribution in [1.82, 2.24) is 10.0 Å². The van der Waals surface area contributed by atoms with Crippen molar-refractivity contribution in [2.24, 2.45) is 0 Å². The van der Waals surface area contributed by atoms with Crippen molar-refractivity contribution in [2.75, 3.05) is 26.0 Å². The van der Waals surface area contributed by atoms with E-state index in [0.717, 1.165) is 6.42 Å². The molecule has 0 saturated carbocycles. The standard InChI is InChI=1S/C13H20N2O4S/c1-3-8-15-20(17,18)10-9-14-13(16)11-4-6-12(19-2)7-5-11/h4-7,15H,3,8-10H2,1-2H3,(H,14,16). The number of methoxy groups -OCH3 is 1. The Kier molecular flexibility index (Phi) is 6.47. The van der Waals surface area contributed by atoms with Crippen molar-refractivity contribution in [3.63, 3.8) is 0 Å². The minimum absolute atomic E-state index is 0.0733. The summed E-state index contributed by atoms with van der Waals surface area (Å²) < 4.78 is 30.5. The normalized spacial score (nSPS) is 11.1. The third-order valence-electron chi connectivity index (χ3n) is 2.58. The van der Waals surface area contributed by atoms with E-state index in [9.17, 15) is 13.2 Å². The molecule has 6 nitrogen and oxygen atoms in total. The molecule has 0 spiro atoms. The minimum Gasteiger partial charge on any atom is -0.497 e. The highest BCUT2D eigenvalue weighted by Crippen LogP contribution is 2.10. The molecule has 0 atom stereocenters. The molecular formula is C13H20N2O4S. The van der Waals surface area contributed by atoms with Crippen LogP contribution in [0.1, 0.15) is 23.7 Å². The first-order valence-electron chi connectivity index (χ1n) is 6.38. The van der Waals surface area contributed by atoms with Crippen LogP contribution in [-0.4, -0.2) is 40.3 Å². The summed E-state index contributed by atoms with van der Waals surface area (Å²) in [5.41, 5.74) is 0.463. The third kappa shape index (κ3) is 5.58. The van der Waals surface area contributed by atoms with Crippen LogP contribution in [0.15, 0.2) is 24.3 Å². The first-order chi connectivity index (χ1) is 9.48. The number of hydrogen-bond donors (Lipinski definition) is 2. The van der Waals surface area contributed by atoms with Gasteiger partial charge >= 0.3 is 0 Å². The lowest BCUT2D eigenvalue weighted by Gasteiger charge is -2.07. The van der Waals surface area contributed by atoms with E-state index in [0.29, 0.717) is 17.9 Å². The predicted molar refractivity (Wildman–Crippen MR) is 77.4 cm³/mol. The number of carbonyl (C=O) groups is 1. The summed E-state index contributed by atoms with van der Waals surface area (Å²) in [6.07, 6.45) is 0.734. The zero-order valence-electron chi connectivity index (χ0n) is 11.7. The van der Waals surface area contributed by atoms with Crippen LogP contribution < -0.4 is 14.8 Å². The highest BCUT2D eigenvalue weighted by Gasteiger charge is 2.10. The minimum atomic E-state index is -3.32. The molecule has 0 heterocycles. The Balaban J connectivity index is 2.43. The second-order valence-corrected chi connectivity index (χ2v) is 6.12. The molecule has 7 heteroatoms. The summed E-state index contributed by atoms with van der Waals surface area (Å²) in [6, 6.07) is 6.60. The summed E-state index contributed by atoms with van der Waals surface area (Å²) in [5, 5.41) is 2.57. The van der Waals surface area contributed by atoms with Gasteiger partial charge in [0.15, 0.2) is 0 Å². The lowest BCUT2D eigenvalue weighted by molar-refractivity contribution is 0.0956. The van der Waals surface area contributed by atoms with Gasteiger partial charge in [0, 0.05) is 18.7 Å². The Morgan fingerprint density at radius 1 is 1.20 bits per heavy atom. The fourth-order valence-electron chi connectivity index (χ4n) is 1.47. The van der Waals surface area contributed by atoms with Crippen molar-refractivity contribution in [3.8, 4) is 5.75 Å². The van der Waals surface area contributed by atoms with Crippen molar-refractivity contribution < 1.29 is 17.9 Å². The predicted octanol–water partition coefficient (Wildman–Crippen LogP) is 0.754. The van der Waals surface area contributed by atoms with E-state index in [4.69, 9.17) is 4.74 Å². The van der Waals surface area contributed by atoms with Crippen LogP contribution in [0.5, 0.6) is 5.75 Å². The molecular weight excluding hydrogens is 280 g/mol. The number of amides is 1. The summed E-state index contributed by atoms with van der Waals surface area (Å²) in [6.45, 7) is 2.37. The molecule has 1 aromatic carbocycles. The van der Waals surface area contributed by atoms with Crippen molar-refractivity contribution in [1.29, 1.82) is 0 Å². The van der Waals surface area contributed by atoms with E-state index < -0.39 is 10.0 Å². The van der Waals surface area contributed by atoms with E-state index in [1.807, 2.05) is 6.92 Å². The summed E-state index contributed by atoms with van der Waals surface area (Å²) in [7, 11) is -1.77. The average molecular weight is 300 g/mol. The number of sulfonamides is 1. The largest absolute Gasteiger partial charge is 0.497 e. The second kappa shape index (κ2) is 7.86. The molecule has 0 radical (unpaired) electrons. The number of rotatable bonds is 8. The number of benzene rings is 1. The summed E-state index contributed by atoms with van der Waals surface area (Å²) in [5.74, 6) is 0.223. The first kappa shape index (κ1) is 16.5. The molecule has 1 rings (SSSR count). The molecule has 0 saturated heterocycles. The number of hydrogen-bond acceptors (Lipinski definition) is 4. The Hall–Kier alpha value is -1.60. The van der Waals surface area contributed by atoms with Crippen LogP contribution >= 0.6 is 0 Å². The van der Waals surface area contributed by atoms with Gasteiger partial charge in [0.05, 0.1) is 12.9 Å². The Bertz CT molecular complexity index is 526. The fourth-order valence-corrected chi connectivity index (χ4v) is 2.50. The van der Waals surface area contributed by atoms with Gasteiger partial charge in [-0.2, -0.15) is 0 Å². The molecule has 1 aromatic rings. The zero-order valence-corrected chi connectivity index (χ0v) is 12.5. The highest BCUT2D eigenvalue weighted by atomic mass is 32.2. The fraction of sp³-hybridized carbons (Fsp3) is 0.462. The summed E-state index contributed by atoms with van der Waals surface area (Å²) in [4.78, 5) is 11.8. The van der Waals surface area contributed by atoms with Gasteiger partial charge in [-0.3, -0.25) is 4.79 Å². The molecule has 1 amide bonds. The monoisotopic (exact) mass is 300 g/mol. The molecule has 0 aromatic heterocycles. The Morgan fingerprint density at radius 3 is 2.40 bits per heavy atom. The molecule has 0 aliphatic heterocycles. The van der Waals surface area contributed by atoms with Crippen LogP contribution in [0.2, 0.25) is 0 Å². The lowest BCUT2D eigenvalue weighted by Crippen LogP contribution is -2.34. The highest BCUT2D eigenvalue weighted by molar-refractivity contribution is 7.89. The van der Waals surface area contributed by atoms with Gasteiger partial charge in [-0.15, -0.1) is 0 Å². The molecule has 2 N–H and O–H groups in total. The van der Waals surface area contributed by atoms with Gasteiger partial charge in [0.1, 0.15) is 5.75 Å². The maximum Gasteiger partial charge on any atom is 0.251 e. The Labute approximate surface area is 119 Å². The van der Waals surface area contributed by atoms with E-state index in [2.05, 4.69) is 10.0 Å². The smallest absolute Gasteiger partial charge is 0.251 e. The summed E-state index contributed by atoms with van der Waals surface area (Å²) >= 11 is 0. The van der Waals surface area contributed by atoms with Gasteiger partial charge in [-0.05, 0) is 30.7 Å². The van der Waals surface area contributed by atoms with Gasteiger partial charge in [0.25, 0.3) is 5.91 Å². The van der Waals surface area contributed by atoms with Gasteiger partial charge < -0.3 is 10.1 Å². The van der Waals surface area contributed by atoms with Crippen molar-refractivity contribution in [2.45, 2.75) is 13.3 Å². The van der Waals surface area contributed by atoms with E-state index >= 15 is 0 Å². The maximum atomic E-state index is 11.8. The van der Waals surface area contributed by atoms with Gasteiger partial charge in [0.2, 0.25) is 10.0 Å². The first-order valence-corrected chi connectivity index (χ1v) is 8.03. The lowest BCUT2D eigenvalue weighted by atomic mass is 10.2. The van der Waals surface area contributed by atoms with Crippen molar-refractivity contribution >= 4 is 15.9 Å². The quantitative estimate of drug-likeness (QED) is 0.742. The Morgan fingerprint density at radius 2 is 1.85 bits per heavy atom. The second-order valence-electron chi connectivity index (χ2n) is 4.20. The van der Waals surface area contributed by atoms with E-state index in [1.165, 1.54) is 0 Å². The number of nitrogens with one attached hydrogen (secondary N) is 2. The van der Waals surface area contributed by atoms with Crippen LogP contribution in [0.4, 0.5) is 0 Å². The van der Waals surface area contributed by atoms with Crippen LogP contribution in [0, 0.1) is 0 Å². The average Bonchev–Trinajstić information content (AvgIpc) is 2.45. The van der Waals surface area contributed by atoms with E-state index in [1.54, 1.807) is 31.4 Å². The third-order valence-corrected chi connectivity index (χ3v) is 3.97.